The molecule has 3 heteroatoms. The van der Waals surface area contributed by atoms with Gasteiger partial charge in [-0.1, -0.05) is 19.3 Å². The van der Waals surface area contributed by atoms with Crippen LogP contribution >= 0.6 is 0 Å². The predicted molar refractivity (Wildman–Crippen MR) is 73.5 cm³/mol. The molecule has 0 aromatic carbocycles. The summed E-state index contributed by atoms with van der Waals surface area (Å²) in [5, 5.41) is 0. The van der Waals surface area contributed by atoms with Gasteiger partial charge in [-0.05, 0) is 43.9 Å². The van der Waals surface area contributed by atoms with Gasteiger partial charge >= 0.3 is 0 Å². The van der Waals surface area contributed by atoms with Crippen molar-refractivity contribution >= 4 is 0 Å². The van der Waals surface area contributed by atoms with Crippen molar-refractivity contribution in [2.24, 2.45) is 17.6 Å². The van der Waals surface area contributed by atoms with E-state index in [0.29, 0.717) is 5.92 Å². The molecule has 1 saturated heterocycles. The summed E-state index contributed by atoms with van der Waals surface area (Å²) in [6, 6.07) is 0.209. The molecule has 1 saturated carbocycles. The number of nitrogens with two attached hydrogens (primary N) is 1. The molecule has 18 heavy (non-hydrogen) atoms. The van der Waals surface area contributed by atoms with Gasteiger partial charge in [-0.25, -0.2) is 0 Å². The Balaban J connectivity index is 1.81. The fourth-order valence-corrected chi connectivity index (χ4v) is 3.68. The van der Waals surface area contributed by atoms with Crippen LogP contribution in [0.5, 0.6) is 0 Å². The minimum Gasteiger partial charge on any atom is -0.381 e. The highest BCUT2D eigenvalue weighted by atomic mass is 16.5. The number of methoxy groups -OCH3 is 1. The van der Waals surface area contributed by atoms with E-state index in [1.807, 2.05) is 7.11 Å². The van der Waals surface area contributed by atoms with Gasteiger partial charge in [-0.15, -0.1) is 0 Å². The average molecular weight is 255 g/mol. The monoisotopic (exact) mass is 255 g/mol. The fourth-order valence-electron chi connectivity index (χ4n) is 3.68. The van der Waals surface area contributed by atoms with E-state index >= 15 is 0 Å². The highest BCUT2D eigenvalue weighted by molar-refractivity contribution is 4.84. The zero-order chi connectivity index (χ0) is 12.8. The van der Waals surface area contributed by atoms with Crippen molar-refractivity contribution in [3.8, 4) is 0 Å². The Morgan fingerprint density at radius 3 is 2.39 bits per heavy atom. The largest absolute Gasteiger partial charge is 0.381 e. The quantitative estimate of drug-likeness (QED) is 0.821. The molecule has 2 fully saturated rings. The van der Waals surface area contributed by atoms with Gasteiger partial charge in [0.15, 0.2) is 0 Å². The van der Waals surface area contributed by atoms with E-state index in [1.165, 1.54) is 44.9 Å². The molecule has 2 unspecified atom stereocenters. The normalized spacial score (nSPS) is 27.0. The van der Waals surface area contributed by atoms with Gasteiger partial charge in [0, 0.05) is 26.4 Å². The molecule has 3 nitrogen and oxygen atoms in total. The first-order valence-electron chi connectivity index (χ1n) is 7.67. The summed E-state index contributed by atoms with van der Waals surface area (Å²) < 4.78 is 11.1. The molecule has 0 radical (unpaired) electrons. The Labute approximate surface area is 111 Å². The first-order valence-corrected chi connectivity index (χ1v) is 7.67. The molecule has 2 N–H and O–H groups in total. The Bertz CT molecular complexity index is 223. The smallest absolute Gasteiger partial charge is 0.0750 e. The highest BCUT2D eigenvalue weighted by Gasteiger charge is 2.30. The third-order valence-corrected chi connectivity index (χ3v) is 4.75. The van der Waals surface area contributed by atoms with Crippen molar-refractivity contribution in [3.63, 3.8) is 0 Å². The lowest BCUT2D eigenvalue weighted by Gasteiger charge is -2.35. The number of hydrogen-bond acceptors (Lipinski definition) is 3. The Kier molecular flexibility index (Phi) is 5.93. The lowest BCUT2D eigenvalue weighted by Crippen LogP contribution is -2.43. The second-order valence-electron chi connectivity index (χ2n) is 6.05. The van der Waals surface area contributed by atoms with Gasteiger partial charge in [0.05, 0.1) is 6.10 Å². The Hall–Kier alpha value is -0.120. The SMILES string of the molecule is COC(C(N)CC1CCOCC1)C1CCCCC1. The van der Waals surface area contributed by atoms with E-state index in [1.54, 1.807) is 0 Å². The van der Waals surface area contributed by atoms with Crippen LogP contribution in [-0.2, 0) is 9.47 Å². The van der Waals surface area contributed by atoms with Gasteiger partial charge < -0.3 is 15.2 Å². The predicted octanol–water partition coefficient (Wildman–Crippen LogP) is 2.73. The highest BCUT2D eigenvalue weighted by Crippen LogP contribution is 2.31. The van der Waals surface area contributed by atoms with Crippen molar-refractivity contribution in [1.82, 2.24) is 0 Å². The summed E-state index contributed by atoms with van der Waals surface area (Å²) in [5.41, 5.74) is 6.42. The van der Waals surface area contributed by atoms with Crippen LogP contribution < -0.4 is 5.73 Å². The minimum absolute atomic E-state index is 0.209. The van der Waals surface area contributed by atoms with E-state index in [2.05, 4.69) is 0 Å². The van der Waals surface area contributed by atoms with E-state index in [-0.39, 0.29) is 12.1 Å². The summed E-state index contributed by atoms with van der Waals surface area (Å²) >= 11 is 0. The first kappa shape index (κ1) is 14.3. The van der Waals surface area contributed by atoms with Crippen molar-refractivity contribution in [1.29, 1.82) is 0 Å². The van der Waals surface area contributed by atoms with E-state index in [9.17, 15) is 0 Å². The Morgan fingerprint density at radius 2 is 1.78 bits per heavy atom. The first-order chi connectivity index (χ1) is 8.81. The third-order valence-electron chi connectivity index (χ3n) is 4.75. The molecule has 106 valence electrons. The van der Waals surface area contributed by atoms with Crippen molar-refractivity contribution in [2.75, 3.05) is 20.3 Å². The molecule has 0 amide bonds. The molecule has 0 aromatic rings. The van der Waals surface area contributed by atoms with Gasteiger partial charge in [0.1, 0.15) is 0 Å². The van der Waals surface area contributed by atoms with Gasteiger partial charge in [0.25, 0.3) is 0 Å². The summed E-state index contributed by atoms with van der Waals surface area (Å²) in [6.07, 6.45) is 10.4. The van der Waals surface area contributed by atoms with Crippen LogP contribution in [0.1, 0.15) is 51.4 Å². The average Bonchev–Trinajstić information content (AvgIpc) is 2.42. The Morgan fingerprint density at radius 1 is 1.11 bits per heavy atom. The molecule has 0 aromatic heterocycles. The molecule has 2 rings (SSSR count). The van der Waals surface area contributed by atoms with Crippen LogP contribution in [0, 0.1) is 11.8 Å². The van der Waals surface area contributed by atoms with Crippen molar-refractivity contribution in [3.05, 3.63) is 0 Å². The molecule has 0 spiro atoms. The van der Waals surface area contributed by atoms with Crippen LogP contribution in [0.15, 0.2) is 0 Å². The zero-order valence-electron chi connectivity index (χ0n) is 11.8. The standard InChI is InChI=1S/C15H29NO2/c1-17-15(13-5-3-2-4-6-13)14(16)11-12-7-9-18-10-8-12/h12-15H,2-11,16H2,1H3. The maximum Gasteiger partial charge on any atom is 0.0750 e. The number of ether oxygens (including phenoxy) is 2. The molecule has 2 atom stereocenters. The second kappa shape index (κ2) is 7.46. The molecule has 1 aliphatic heterocycles. The fraction of sp³-hybridized carbons (Fsp3) is 1.00. The van der Waals surface area contributed by atoms with Crippen LogP contribution in [-0.4, -0.2) is 32.5 Å². The van der Waals surface area contributed by atoms with Crippen LogP contribution in [0.3, 0.4) is 0 Å². The van der Waals surface area contributed by atoms with E-state index in [0.717, 1.165) is 25.6 Å². The van der Waals surface area contributed by atoms with Crippen LogP contribution in [0.4, 0.5) is 0 Å². The lowest BCUT2D eigenvalue weighted by molar-refractivity contribution is 0.00297. The van der Waals surface area contributed by atoms with Gasteiger partial charge in [-0.2, -0.15) is 0 Å². The van der Waals surface area contributed by atoms with Crippen LogP contribution in [0.25, 0.3) is 0 Å². The molecule has 1 heterocycles. The lowest BCUT2D eigenvalue weighted by atomic mass is 9.80. The summed E-state index contributed by atoms with van der Waals surface area (Å²) in [7, 11) is 1.84. The number of rotatable bonds is 5. The van der Waals surface area contributed by atoms with Gasteiger partial charge in [-0.3, -0.25) is 0 Å². The van der Waals surface area contributed by atoms with Crippen molar-refractivity contribution < 1.29 is 9.47 Å². The van der Waals surface area contributed by atoms with E-state index in [4.69, 9.17) is 15.2 Å². The van der Waals surface area contributed by atoms with E-state index < -0.39 is 0 Å². The van der Waals surface area contributed by atoms with Gasteiger partial charge in [0.2, 0.25) is 0 Å². The third kappa shape index (κ3) is 3.94. The summed E-state index contributed by atoms with van der Waals surface area (Å²) in [5.74, 6) is 1.44. The molecule has 2 aliphatic rings. The number of hydrogen-bond donors (Lipinski definition) is 1. The molecule has 1 aliphatic carbocycles. The molecular formula is C15H29NO2. The van der Waals surface area contributed by atoms with Crippen molar-refractivity contribution in [2.45, 2.75) is 63.5 Å². The zero-order valence-corrected chi connectivity index (χ0v) is 11.8. The maximum absolute atomic E-state index is 6.42. The molecular weight excluding hydrogens is 226 g/mol. The van der Waals surface area contributed by atoms with Crippen LogP contribution in [0.2, 0.25) is 0 Å². The summed E-state index contributed by atoms with van der Waals surface area (Å²) in [4.78, 5) is 0. The molecule has 0 bridgehead atoms. The minimum atomic E-state index is 0.209. The maximum atomic E-state index is 6.42. The summed E-state index contributed by atoms with van der Waals surface area (Å²) in [6.45, 7) is 1.83. The topological polar surface area (TPSA) is 44.5 Å². The second-order valence-corrected chi connectivity index (χ2v) is 6.05.